The first kappa shape index (κ1) is 43.7. The first-order valence-electron chi connectivity index (χ1n) is 20.2. The molecule has 0 spiro atoms. The maximum absolute atomic E-state index is 14.5. The topological polar surface area (TPSA) is 204 Å². The first-order chi connectivity index (χ1) is 28.5. The Bertz CT molecular complexity index is 2230. The molecule has 2 aliphatic rings. The molecule has 2 amide bonds. The fourth-order valence-corrected chi connectivity index (χ4v) is 8.71. The van der Waals surface area contributed by atoms with E-state index >= 15 is 0 Å². The molecule has 60 heavy (non-hydrogen) atoms. The van der Waals surface area contributed by atoms with Crippen molar-refractivity contribution in [3.8, 4) is 27.4 Å². The summed E-state index contributed by atoms with van der Waals surface area (Å²) in [7, 11) is 0. The van der Waals surface area contributed by atoms with E-state index in [4.69, 9.17) is 15.2 Å². The number of ether oxygens (including phenoxy) is 2. The van der Waals surface area contributed by atoms with Crippen LogP contribution in [0.25, 0.3) is 21.7 Å². The number of anilines is 2. The minimum Gasteiger partial charge on any atom is -0.462 e. The van der Waals surface area contributed by atoms with Crippen LogP contribution in [0.1, 0.15) is 84.5 Å². The second-order valence-corrected chi connectivity index (χ2v) is 17.6. The van der Waals surface area contributed by atoms with Gasteiger partial charge in [0, 0.05) is 57.8 Å². The fourth-order valence-electron chi connectivity index (χ4n) is 7.90. The molecule has 2 aromatic heterocycles. The molecule has 318 valence electrons. The number of aliphatic hydroxyl groups excluding tert-OH is 1. The molecule has 4 atom stereocenters. The standard InChI is InChI=1S/C44H54N8O7S/c1-25(30-12-14-31(15-13-30)39-26(2)46-24-60-39)47-42(56)36-21-32(58-27(3)53)23-52(36)43(57)40(44(5,6)7)48-38(55)20-29-16-18-51(19-17-29)35-22-34(49-50-41(35)45)33-10-8-9-11-37(33)59-28(4)54/h8-15,22,24-25,29,32,36,40H,16-21,23H2,1-7H3,(H2,45,50)(H,47,56)(H,48,55)/p+1/t25-,32+,36-,40+/m0/s1. The number of nitrogens with zero attached hydrogens (tertiary/aromatic N) is 5. The number of thiazole rings is 1. The highest BCUT2D eigenvalue weighted by Gasteiger charge is 2.47. The van der Waals surface area contributed by atoms with Crippen molar-refractivity contribution in [1.82, 2.24) is 25.4 Å². The van der Waals surface area contributed by atoms with Crippen LogP contribution in [-0.2, 0) is 23.9 Å². The Morgan fingerprint density at radius 3 is 2.37 bits per heavy atom. The van der Waals surface area contributed by atoms with Crippen LogP contribution < -0.4 is 25.7 Å². The van der Waals surface area contributed by atoms with E-state index < -0.39 is 35.5 Å². The van der Waals surface area contributed by atoms with Gasteiger partial charge in [-0.1, -0.05) is 57.2 Å². The van der Waals surface area contributed by atoms with Crippen molar-refractivity contribution in [3.05, 3.63) is 71.4 Å². The Balaban J connectivity index is 1.11. The molecule has 6 rings (SSSR count). The normalized spacial score (nSPS) is 18.5. The molecule has 16 heteroatoms. The van der Waals surface area contributed by atoms with Crippen molar-refractivity contribution in [3.63, 3.8) is 0 Å². The molecule has 0 radical (unpaired) electrons. The number of carbonyl (C=O) groups is 4. The number of aromatic nitrogens is 3. The van der Waals surface area contributed by atoms with Gasteiger partial charge in [0.25, 0.3) is 0 Å². The van der Waals surface area contributed by atoms with E-state index in [1.807, 2.05) is 76.5 Å². The summed E-state index contributed by atoms with van der Waals surface area (Å²) in [5.41, 5.74) is 12.2. The molecule has 2 aliphatic heterocycles. The second kappa shape index (κ2) is 18.6. The van der Waals surface area contributed by atoms with E-state index in [0.29, 0.717) is 48.6 Å². The molecular formula is C44H55N8O7S+. The van der Waals surface area contributed by atoms with Crippen LogP contribution in [-0.4, -0.2) is 92.7 Å². The van der Waals surface area contributed by atoms with Gasteiger partial charge in [0.1, 0.15) is 17.9 Å². The van der Waals surface area contributed by atoms with E-state index in [0.717, 1.165) is 21.7 Å². The maximum Gasteiger partial charge on any atom is 0.356 e. The summed E-state index contributed by atoms with van der Waals surface area (Å²) in [6.45, 7) is 13.5. The number of nitrogen functional groups attached to an aromatic ring is 1. The Hall–Kier alpha value is -5.90. The van der Waals surface area contributed by atoms with E-state index in [9.17, 15) is 24.3 Å². The molecule has 2 aromatic carbocycles. The lowest BCUT2D eigenvalue weighted by Gasteiger charge is -2.36. The smallest absolute Gasteiger partial charge is 0.356 e. The highest BCUT2D eigenvalue weighted by atomic mass is 32.1. The number of benzene rings is 2. The van der Waals surface area contributed by atoms with Crippen molar-refractivity contribution >= 4 is 52.5 Å². The minimum absolute atomic E-state index is 0.0492. The van der Waals surface area contributed by atoms with Crippen LogP contribution in [0.15, 0.2) is 60.1 Å². The van der Waals surface area contributed by atoms with Gasteiger partial charge < -0.3 is 35.4 Å². The number of nitrogens with two attached hydrogens (primary N) is 1. The summed E-state index contributed by atoms with van der Waals surface area (Å²) in [6.07, 6.45) is 1.17. The summed E-state index contributed by atoms with van der Waals surface area (Å²) in [6, 6.07) is 14.9. The predicted octanol–water partition coefficient (Wildman–Crippen LogP) is 4.55. The van der Waals surface area contributed by atoms with E-state index in [2.05, 4.69) is 30.4 Å². The van der Waals surface area contributed by atoms with E-state index in [1.165, 1.54) is 18.7 Å². The Kier molecular flexibility index (Phi) is 13.5. The number of esters is 2. The molecule has 2 fully saturated rings. The second-order valence-electron chi connectivity index (χ2n) is 16.7. The van der Waals surface area contributed by atoms with Crippen LogP contribution >= 0.6 is 11.3 Å². The highest BCUT2D eigenvalue weighted by Crippen LogP contribution is 2.35. The van der Waals surface area contributed by atoms with Crippen LogP contribution in [0.2, 0.25) is 0 Å². The van der Waals surface area contributed by atoms with Gasteiger partial charge in [-0.3, -0.25) is 19.2 Å². The number of aliphatic hydroxyl groups is 1. The molecule has 0 bridgehead atoms. The summed E-state index contributed by atoms with van der Waals surface area (Å²) >= 11 is 1.58. The number of aryl methyl sites for hydroxylation is 1. The number of amides is 2. The Morgan fingerprint density at radius 1 is 1.03 bits per heavy atom. The van der Waals surface area contributed by atoms with Gasteiger partial charge in [0.2, 0.25) is 11.8 Å². The fraction of sp³-hybridized carbons (Fsp3) is 0.455. The zero-order valence-electron chi connectivity index (χ0n) is 35.2. The monoisotopic (exact) mass is 839 g/mol. The number of nitrogens with one attached hydrogen (secondary N) is 2. The number of carbonyl (C=O) groups excluding carboxylic acids is 4. The lowest BCUT2D eigenvalue weighted by atomic mass is 9.85. The number of hydrogen-bond donors (Lipinski definition) is 4. The molecule has 0 aliphatic carbocycles. The third-order valence-corrected chi connectivity index (χ3v) is 12.0. The molecule has 4 aromatic rings. The summed E-state index contributed by atoms with van der Waals surface area (Å²) in [5.74, 6) is -0.977. The number of piperidine rings is 1. The highest BCUT2D eigenvalue weighted by molar-refractivity contribution is 7.13. The third-order valence-electron chi connectivity index (χ3n) is 11.0. The van der Waals surface area contributed by atoms with Gasteiger partial charge in [0.05, 0.1) is 34.0 Å². The summed E-state index contributed by atoms with van der Waals surface area (Å²) in [4.78, 5) is 64.2. The largest absolute Gasteiger partial charge is 0.462 e. The number of rotatable bonds is 12. The van der Waals surface area contributed by atoms with Gasteiger partial charge in [-0.2, -0.15) is 0 Å². The molecule has 0 unspecified atom stereocenters. The molecule has 5 N–H and O–H groups in total. The van der Waals surface area contributed by atoms with Crippen LogP contribution in [0.4, 0.5) is 11.5 Å². The number of para-hydroxylation sites is 1. The van der Waals surface area contributed by atoms with E-state index in [1.54, 1.807) is 29.5 Å². The number of hydrogen-bond acceptors (Lipinski definition) is 12. The van der Waals surface area contributed by atoms with Crippen molar-refractivity contribution in [2.24, 2.45) is 11.3 Å². The molecular weight excluding hydrogens is 785 g/mol. The van der Waals surface area contributed by atoms with Crippen molar-refractivity contribution in [1.29, 1.82) is 0 Å². The lowest BCUT2D eigenvalue weighted by molar-refractivity contribution is -0.515. The van der Waals surface area contributed by atoms with Gasteiger partial charge in [-0.25, -0.2) is 9.98 Å². The molecule has 2 saturated heterocycles. The van der Waals surface area contributed by atoms with Gasteiger partial charge >= 0.3 is 17.8 Å². The quantitative estimate of drug-likeness (QED) is 0.0672. The zero-order valence-corrected chi connectivity index (χ0v) is 36.0. The van der Waals surface area contributed by atoms with Crippen LogP contribution in [0, 0.1) is 18.3 Å². The van der Waals surface area contributed by atoms with Gasteiger partial charge in [-0.05, 0) is 54.9 Å². The summed E-state index contributed by atoms with van der Waals surface area (Å²) in [5, 5.41) is 23.1. The average molecular weight is 840 g/mol. The van der Waals surface area contributed by atoms with Gasteiger partial charge in [-0.15, -0.1) is 21.5 Å². The zero-order chi connectivity index (χ0) is 43.3. The molecule has 15 nitrogen and oxygen atoms in total. The lowest BCUT2D eigenvalue weighted by Crippen LogP contribution is -2.77. The molecule has 4 heterocycles. The predicted molar refractivity (Wildman–Crippen MR) is 229 cm³/mol. The minimum atomic E-state index is -0.924. The third kappa shape index (κ3) is 10.4. The Labute approximate surface area is 354 Å². The van der Waals surface area contributed by atoms with Crippen LogP contribution in [0.3, 0.4) is 0 Å². The van der Waals surface area contributed by atoms with Crippen molar-refractivity contribution in [2.75, 3.05) is 30.3 Å². The number of likely N-dealkylation sites (tertiary alicyclic amines) is 1. The summed E-state index contributed by atoms with van der Waals surface area (Å²) < 4.78 is 10.9. The molecule has 0 saturated carbocycles. The van der Waals surface area contributed by atoms with Crippen molar-refractivity contribution in [2.45, 2.75) is 98.4 Å². The van der Waals surface area contributed by atoms with E-state index in [-0.39, 0.29) is 54.9 Å². The first-order valence-corrected chi connectivity index (χ1v) is 21.1. The SMILES string of the molecule is CC(=O)Oc1ccccc1-c1cc(N2CCC(CC(=O)N[C@H](C(=O)N3C[C@H](OC(C)=O)C[C@H]3C(O)=[NH+][C@@H](C)c3ccc(-c4scnc4C)cc3)C(C)(C)C)CC2)c(N)nn1. The maximum atomic E-state index is 14.5. The average Bonchev–Trinajstić information content (AvgIpc) is 3.83. The van der Waals surface area contributed by atoms with Crippen molar-refractivity contribution < 1.29 is 38.8 Å². The van der Waals surface area contributed by atoms with Crippen LogP contribution in [0.5, 0.6) is 5.75 Å². The Morgan fingerprint density at radius 2 is 1.73 bits per heavy atom. The van der Waals surface area contributed by atoms with Gasteiger partial charge in [0.15, 0.2) is 17.9 Å².